The van der Waals surface area contributed by atoms with Crippen LogP contribution in [0.25, 0.3) is 5.57 Å². The number of benzene rings is 2. The Balaban J connectivity index is 0.972. The van der Waals surface area contributed by atoms with Crippen LogP contribution in [0.15, 0.2) is 48.0 Å². The molecule has 220 valence electrons. The lowest BCUT2D eigenvalue weighted by Crippen LogP contribution is -2.52. The van der Waals surface area contributed by atoms with Gasteiger partial charge in [0.05, 0.1) is 0 Å². The molecule has 3 heterocycles. The number of nitrogens with one attached hydrogen (secondary N) is 1. The summed E-state index contributed by atoms with van der Waals surface area (Å²) < 4.78 is 0. The average Bonchev–Trinajstić information content (AvgIpc) is 3.29. The molecule has 7 rings (SSSR count). The zero-order chi connectivity index (χ0) is 28.8. The highest BCUT2D eigenvalue weighted by atomic mass is 35.5. The number of halogens is 1. The highest BCUT2D eigenvalue weighted by Gasteiger charge is 2.41. The van der Waals surface area contributed by atoms with Gasteiger partial charge >= 0.3 is 0 Å². The molecule has 7 nitrogen and oxygen atoms in total. The minimum absolute atomic E-state index is 0.113. The van der Waals surface area contributed by atoms with Crippen LogP contribution in [-0.2, 0) is 22.7 Å². The van der Waals surface area contributed by atoms with E-state index in [4.69, 9.17) is 11.6 Å². The summed E-state index contributed by atoms with van der Waals surface area (Å²) in [4.78, 5) is 43.7. The van der Waals surface area contributed by atoms with Crippen molar-refractivity contribution in [2.75, 3.05) is 32.7 Å². The lowest BCUT2D eigenvalue weighted by Gasteiger charge is -2.47. The number of hydrogen-bond donors (Lipinski definition) is 1. The van der Waals surface area contributed by atoms with Gasteiger partial charge in [-0.2, -0.15) is 0 Å². The number of fused-ring (bicyclic) bond motifs is 1. The van der Waals surface area contributed by atoms with Gasteiger partial charge in [-0.15, -0.1) is 0 Å². The largest absolute Gasteiger partial charge is 0.322 e. The number of amides is 3. The number of piperidine rings is 1. The van der Waals surface area contributed by atoms with Crippen LogP contribution in [0.3, 0.4) is 0 Å². The molecule has 0 radical (unpaired) electrons. The third-order valence-electron chi connectivity index (χ3n) is 10.4. The fourth-order valence-corrected chi connectivity index (χ4v) is 7.88. The predicted octanol–water partition coefficient (Wildman–Crippen LogP) is 5.03. The summed E-state index contributed by atoms with van der Waals surface area (Å²) in [5, 5.41) is 3.18. The van der Waals surface area contributed by atoms with Crippen molar-refractivity contribution in [1.82, 2.24) is 20.0 Å². The topological polar surface area (TPSA) is 73.0 Å². The molecular formula is C34H39ClN4O3. The third kappa shape index (κ3) is 5.43. The highest BCUT2D eigenvalue weighted by Crippen LogP contribution is 2.55. The van der Waals surface area contributed by atoms with Crippen molar-refractivity contribution in [3.8, 4) is 0 Å². The monoisotopic (exact) mass is 586 g/mol. The summed E-state index contributed by atoms with van der Waals surface area (Å²) in [5.41, 5.74) is 7.93. The van der Waals surface area contributed by atoms with Crippen molar-refractivity contribution >= 4 is 34.9 Å². The lowest BCUT2D eigenvalue weighted by molar-refractivity contribution is -0.136. The zero-order valence-electron chi connectivity index (χ0n) is 24.2. The fourth-order valence-electron chi connectivity index (χ4n) is 7.75. The van der Waals surface area contributed by atoms with E-state index in [1.807, 2.05) is 18.2 Å². The van der Waals surface area contributed by atoms with Gasteiger partial charge in [-0.1, -0.05) is 47.9 Å². The van der Waals surface area contributed by atoms with Gasteiger partial charge in [0.15, 0.2) is 0 Å². The lowest BCUT2D eigenvalue weighted by atomic mass is 9.59. The van der Waals surface area contributed by atoms with Gasteiger partial charge in [0, 0.05) is 62.8 Å². The second kappa shape index (κ2) is 11.3. The molecule has 1 N–H and O–H groups in total. The molecule has 2 aliphatic carbocycles. The first-order valence-electron chi connectivity index (χ1n) is 15.5. The quantitative estimate of drug-likeness (QED) is 0.481. The summed E-state index contributed by atoms with van der Waals surface area (Å²) in [6, 6.07) is 14.0. The standard InChI is InChI=1S/C34H39ClN4O3/c35-27-5-3-24(4-6-27)29-19-34(11-1-12-34)13-10-25(29)21-38-16-14-37(15-17-38)20-23-2-7-28-26(18-23)22-39(33(28)42)30-8-9-31(40)36-32(30)41/h2-7,18,30H,1,8-17,19-22H2,(H,36,40,41). The summed E-state index contributed by atoms with van der Waals surface area (Å²) in [6.45, 7) is 6.48. The number of carbonyl (C=O) groups excluding carboxylic acids is 3. The van der Waals surface area contributed by atoms with Crippen LogP contribution in [0.1, 0.15) is 78.4 Å². The van der Waals surface area contributed by atoms with Crippen molar-refractivity contribution in [3.63, 3.8) is 0 Å². The Kier molecular flexibility index (Phi) is 7.45. The van der Waals surface area contributed by atoms with E-state index in [1.165, 1.54) is 49.7 Å². The maximum Gasteiger partial charge on any atom is 0.255 e. The van der Waals surface area contributed by atoms with Crippen molar-refractivity contribution in [3.05, 3.63) is 75.3 Å². The van der Waals surface area contributed by atoms with E-state index in [1.54, 1.807) is 16.0 Å². The Bertz CT molecular complexity index is 1440. The summed E-state index contributed by atoms with van der Waals surface area (Å²) >= 11 is 6.22. The molecule has 1 unspecified atom stereocenters. The Morgan fingerprint density at radius 1 is 0.881 bits per heavy atom. The molecule has 2 aromatic carbocycles. The molecule has 2 aromatic rings. The number of rotatable bonds is 6. The summed E-state index contributed by atoms with van der Waals surface area (Å²) in [5.74, 6) is -0.738. The average molecular weight is 587 g/mol. The Morgan fingerprint density at radius 2 is 1.62 bits per heavy atom. The Morgan fingerprint density at radius 3 is 2.31 bits per heavy atom. The van der Waals surface area contributed by atoms with Crippen molar-refractivity contribution in [1.29, 1.82) is 0 Å². The predicted molar refractivity (Wildman–Crippen MR) is 163 cm³/mol. The Labute approximate surface area is 252 Å². The first-order chi connectivity index (χ1) is 20.4. The van der Waals surface area contributed by atoms with Crippen LogP contribution < -0.4 is 5.32 Å². The fraction of sp³-hybridized carbons (Fsp3) is 0.500. The van der Waals surface area contributed by atoms with Crippen LogP contribution in [0.4, 0.5) is 0 Å². The van der Waals surface area contributed by atoms with E-state index >= 15 is 0 Å². The van der Waals surface area contributed by atoms with Crippen LogP contribution >= 0.6 is 11.6 Å². The first kappa shape index (κ1) is 27.8. The van der Waals surface area contributed by atoms with E-state index in [2.05, 4.69) is 39.4 Å². The highest BCUT2D eigenvalue weighted by molar-refractivity contribution is 6.30. The van der Waals surface area contributed by atoms with Crippen LogP contribution in [0.2, 0.25) is 5.02 Å². The minimum Gasteiger partial charge on any atom is -0.322 e. The molecule has 8 heteroatoms. The number of hydrogen-bond acceptors (Lipinski definition) is 5. The molecule has 2 saturated heterocycles. The van der Waals surface area contributed by atoms with Gasteiger partial charge < -0.3 is 4.90 Å². The van der Waals surface area contributed by atoms with Gasteiger partial charge in [-0.05, 0) is 84.4 Å². The van der Waals surface area contributed by atoms with Crippen molar-refractivity contribution in [2.24, 2.45) is 5.41 Å². The molecule has 5 aliphatic rings. The molecule has 1 saturated carbocycles. The molecule has 1 atom stereocenters. The van der Waals surface area contributed by atoms with Crippen molar-refractivity contribution < 1.29 is 14.4 Å². The SMILES string of the molecule is O=C1CCC(N2Cc3cc(CN4CCN(CC5=C(c6ccc(Cl)cc6)CC6(CCC6)CC5)CC4)ccc3C2=O)C(=O)N1. The molecule has 3 amide bonds. The van der Waals surface area contributed by atoms with E-state index < -0.39 is 6.04 Å². The number of allylic oxidation sites excluding steroid dienone is 1. The zero-order valence-corrected chi connectivity index (χ0v) is 24.9. The van der Waals surface area contributed by atoms with Crippen LogP contribution in [0, 0.1) is 5.41 Å². The molecule has 1 spiro atoms. The van der Waals surface area contributed by atoms with Gasteiger partial charge in [0.1, 0.15) is 6.04 Å². The molecule has 0 aromatic heterocycles. The van der Waals surface area contributed by atoms with E-state index in [9.17, 15) is 14.4 Å². The second-order valence-electron chi connectivity index (χ2n) is 13.1. The minimum atomic E-state index is -0.571. The number of carbonyl (C=O) groups is 3. The van der Waals surface area contributed by atoms with E-state index in [0.29, 0.717) is 23.9 Å². The third-order valence-corrected chi connectivity index (χ3v) is 10.7. The normalized spacial score (nSPS) is 24.6. The first-order valence-corrected chi connectivity index (χ1v) is 15.9. The summed E-state index contributed by atoms with van der Waals surface area (Å²) in [7, 11) is 0. The maximum absolute atomic E-state index is 13.0. The number of piperazine rings is 1. The maximum atomic E-state index is 13.0. The van der Waals surface area contributed by atoms with Crippen LogP contribution in [-0.4, -0.2) is 71.2 Å². The smallest absolute Gasteiger partial charge is 0.255 e. The van der Waals surface area contributed by atoms with E-state index in [-0.39, 0.29) is 24.1 Å². The molecule has 42 heavy (non-hydrogen) atoms. The number of nitrogens with zero attached hydrogens (tertiary/aromatic N) is 3. The van der Waals surface area contributed by atoms with Gasteiger partial charge in [0.25, 0.3) is 5.91 Å². The Hall–Kier alpha value is -3.00. The van der Waals surface area contributed by atoms with Gasteiger partial charge in [0.2, 0.25) is 11.8 Å². The van der Waals surface area contributed by atoms with Gasteiger partial charge in [-0.25, -0.2) is 0 Å². The van der Waals surface area contributed by atoms with Crippen molar-refractivity contribution in [2.45, 2.75) is 70.5 Å². The molecule has 3 aliphatic heterocycles. The van der Waals surface area contributed by atoms with Crippen LogP contribution in [0.5, 0.6) is 0 Å². The number of imide groups is 1. The molecule has 3 fully saturated rings. The van der Waals surface area contributed by atoms with Gasteiger partial charge in [-0.3, -0.25) is 29.5 Å². The summed E-state index contributed by atoms with van der Waals surface area (Å²) in [6.07, 6.45) is 8.55. The van der Waals surface area contributed by atoms with E-state index in [0.717, 1.165) is 49.9 Å². The molecular weight excluding hydrogens is 548 g/mol. The molecule has 0 bridgehead atoms. The second-order valence-corrected chi connectivity index (χ2v) is 13.5.